The molecule has 7 heteroatoms. The number of nitrogens with one attached hydrogen (secondary N) is 2. The molecule has 2 heterocycles. The van der Waals surface area contributed by atoms with Crippen molar-refractivity contribution in [2.24, 2.45) is 4.99 Å². The van der Waals surface area contributed by atoms with Crippen LogP contribution in [-0.2, 0) is 4.74 Å². The Bertz CT molecular complexity index is 557. The highest BCUT2D eigenvalue weighted by atomic mass is 127. The summed E-state index contributed by atoms with van der Waals surface area (Å²) in [7, 11) is 1.83. The monoisotopic (exact) mass is 501 g/mol. The lowest BCUT2D eigenvalue weighted by molar-refractivity contribution is 0.114. The Morgan fingerprint density at radius 3 is 2.57 bits per heavy atom. The van der Waals surface area contributed by atoms with Gasteiger partial charge in [0.1, 0.15) is 0 Å². The van der Waals surface area contributed by atoms with Crippen LogP contribution in [0, 0.1) is 0 Å². The van der Waals surface area contributed by atoms with Crippen LogP contribution in [0.2, 0.25) is 0 Å². The second-order valence-corrected chi connectivity index (χ2v) is 7.39. The number of hydrogen-bond donors (Lipinski definition) is 2. The average Bonchev–Trinajstić information content (AvgIpc) is 3.25. The molecule has 1 aromatic carbocycles. The molecule has 1 unspecified atom stereocenters. The number of nitrogens with zero attached hydrogens (tertiary/aromatic N) is 3. The molecule has 2 aliphatic heterocycles. The quantitative estimate of drug-likeness (QED) is 0.248. The molecule has 2 fully saturated rings. The molecule has 0 saturated carbocycles. The number of ether oxygens (including phenoxy) is 1. The molecule has 2 aliphatic rings. The summed E-state index contributed by atoms with van der Waals surface area (Å²) in [5.41, 5.74) is 1.35. The van der Waals surface area contributed by atoms with Crippen LogP contribution in [0.4, 0.5) is 5.69 Å². The van der Waals surface area contributed by atoms with Crippen LogP contribution in [0.25, 0.3) is 0 Å². The normalized spacial score (nSPS) is 20.7. The van der Waals surface area contributed by atoms with E-state index >= 15 is 0 Å². The average molecular weight is 501 g/mol. The van der Waals surface area contributed by atoms with Gasteiger partial charge in [0, 0.05) is 58.6 Å². The number of anilines is 1. The lowest BCUT2D eigenvalue weighted by Crippen LogP contribution is -2.46. The van der Waals surface area contributed by atoms with E-state index in [1.54, 1.807) is 0 Å². The molecule has 0 spiro atoms. The maximum Gasteiger partial charge on any atom is 0.191 e. The number of halogens is 1. The minimum atomic E-state index is 0. The summed E-state index contributed by atoms with van der Waals surface area (Å²) in [6, 6.07) is 10.7. The maximum absolute atomic E-state index is 5.64. The fourth-order valence-electron chi connectivity index (χ4n) is 3.77. The number of aliphatic imine (C=N–C) groups is 1. The van der Waals surface area contributed by atoms with Crippen molar-refractivity contribution in [2.45, 2.75) is 31.8 Å². The molecule has 0 aromatic heterocycles. The molecule has 28 heavy (non-hydrogen) atoms. The van der Waals surface area contributed by atoms with Crippen molar-refractivity contribution >= 4 is 35.6 Å². The first kappa shape index (κ1) is 23.2. The van der Waals surface area contributed by atoms with Gasteiger partial charge in [0.2, 0.25) is 0 Å². The first-order chi connectivity index (χ1) is 13.3. The summed E-state index contributed by atoms with van der Waals surface area (Å²) < 4.78 is 5.64. The lowest BCUT2D eigenvalue weighted by atomic mass is 10.2. The van der Waals surface area contributed by atoms with Gasteiger partial charge in [-0.15, -0.1) is 24.0 Å². The Morgan fingerprint density at radius 1 is 1.11 bits per heavy atom. The third-order valence-electron chi connectivity index (χ3n) is 5.43. The Labute approximate surface area is 187 Å². The Morgan fingerprint density at radius 2 is 1.89 bits per heavy atom. The molecule has 158 valence electrons. The molecule has 1 aromatic rings. The number of piperazine rings is 1. The van der Waals surface area contributed by atoms with E-state index in [1.165, 1.54) is 31.5 Å². The van der Waals surface area contributed by atoms with Gasteiger partial charge in [-0.25, -0.2) is 0 Å². The van der Waals surface area contributed by atoms with E-state index in [4.69, 9.17) is 4.74 Å². The Kier molecular flexibility index (Phi) is 11.0. The Balaban J connectivity index is 0.00000280. The molecule has 1 atom stereocenters. The number of para-hydroxylation sites is 1. The predicted molar refractivity (Wildman–Crippen MR) is 128 cm³/mol. The van der Waals surface area contributed by atoms with Crippen molar-refractivity contribution in [3.63, 3.8) is 0 Å². The first-order valence-corrected chi connectivity index (χ1v) is 10.4. The Hall–Kier alpha value is -1.06. The van der Waals surface area contributed by atoms with Crippen molar-refractivity contribution in [3.05, 3.63) is 30.3 Å². The predicted octanol–water partition coefficient (Wildman–Crippen LogP) is 2.55. The van der Waals surface area contributed by atoms with E-state index in [-0.39, 0.29) is 24.0 Å². The summed E-state index contributed by atoms with van der Waals surface area (Å²) in [6.07, 6.45) is 5.07. The van der Waals surface area contributed by atoms with Gasteiger partial charge in [0.25, 0.3) is 0 Å². The van der Waals surface area contributed by atoms with Crippen LogP contribution in [-0.4, -0.2) is 76.4 Å². The molecule has 0 bridgehead atoms. The van der Waals surface area contributed by atoms with Gasteiger partial charge in [0.05, 0.1) is 6.10 Å². The van der Waals surface area contributed by atoms with E-state index < -0.39 is 0 Å². The van der Waals surface area contributed by atoms with Gasteiger partial charge in [0.15, 0.2) is 5.96 Å². The number of unbranched alkanes of at least 4 members (excludes halogenated alkanes) is 1. The van der Waals surface area contributed by atoms with E-state index in [2.05, 4.69) is 55.8 Å². The van der Waals surface area contributed by atoms with Crippen LogP contribution >= 0.6 is 24.0 Å². The third kappa shape index (κ3) is 7.75. The SMILES string of the molecule is CN=C(NCCCCN1CCN(c2ccccc2)CC1)NCC1CCCO1.I. The number of hydrogen-bond acceptors (Lipinski definition) is 4. The fraction of sp³-hybridized carbons (Fsp3) is 0.667. The third-order valence-corrected chi connectivity index (χ3v) is 5.43. The van der Waals surface area contributed by atoms with Gasteiger partial charge in [-0.2, -0.15) is 0 Å². The smallest absolute Gasteiger partial charge is 0.191 e. The zero-order valence-electron chi connectivity index (χ0n) is 17.1. The molecule has 0 aliphatic carbocycles. The van der Waals surface area contributed by atoms with Gasteiger partial charge < -0.3 is 20.3 Å². The van der Waals surface area contributed by atoms with Crippen molar-refractivity contribution in [1.29, 1.82) is 0 Å². The molecular weight excluding hydrogens is 465 g/mol. The minimum absolute atomic E-state index is 0. The molecule has 0 amide bonds. The van der Waals surface area contributed by atoms with Gasteiger partial charge in [-0.1, -0.05) is 18.2 Å². The summed E-state index contributed by atoms with van der Waals surface area (Å²) >= 11 is 0. The molecule has 6 nitrogen and oxygen atoms in total. The van der Waals surface area contributed by atoms with Crippen LogP contribution in [0.1, 0.15) is 25.7 Å². The summed E-state index contributed by atoms with van der Waals surface area (Å²) in [5, 5.41) is 6.79. The van der Waals surface area contributed by atoms with Crippen molar-refractivity contribution in [2.75, 3.05) is 64.4 Å². The van der Waals surface area contributed by atoms with Crippen LogP contribution in [0.15, 0.2) is 35.3 Å². The second kappa shape index (κ2) is 13.2. The van der Waals surface area contributed by atoms with Crippen LogP contribution in [0.3, 0.4) is 0 Å². The number of benzene rings is 1. The number of rotatable bonds is 8. The van der Waals surface area contributed by atoms with Gasteiger partial charge >= 0.3 is 0 Å². The molecule has 0 radical (unpaired) electrons. The minimum Gasteiger partial charge on any atom is -0.376 e. The van der Waals surface area contributed by atoms with Gasteiger partial charge in [-0.3, -0.25) is 9.89 Å². The topological polar surface area (TPSA) is 52.1 Å². The fourth-order valence-corrected chi connectivity index (χ4v) is 3.77. The van der Waals surface area contributed by atoms with Crippen LogP contribution in [0.5, 0.6) is 0 Å². The first-order valence-electron chi connectivity index (χ1n) is 10.4. The largest absolute Gasteiger partial charge is 0.376 e. The highest BCUT2D eigenvalue weighted by molar-refractivity contribution is 14.0. The van der Waals surface area contributed by atoms with Crippen molar-refractivity contribution in [3.8, 4) is 0 Å². The van der Waals surface area contributed by atoms with E-state index in [9.17, 15) is 0 Å². The summed E-state index contributed by atoms with van der Waals surface area (Å²) in [5.74, 6) is 0.891. The molecule has 2 N–H and O–H groups in total. The second-order valence-electron chi connectivity index (χ2n) is 7.39. The van der Waals surface area contributed by atoms with Crippen molar-refractivity contribution < 1.29 is 4.74 Å². The van der Waals surface area contributed by atoms with Crippen LogP contribution < -0.4 is 15.5 Å². The zero-order valence-corrected chi connectivity index (χ0v) is 19.4. The zero-order chi connectivity index (χ0) is 18.7. The van der Waals surface area contributed by atoms with Crippen molar-refractivity contribution in [1.82, 2.24) is 15.5 Å². The van der Waals surface area contributed by atoms with E-state index in [0.717, 1.165) is 58.3 Å². The molecular formula is C21H36IN5O. The molecule has 3 rings (SSSR count). The highest BCUT2D eigenvalue weighted by Crippen LogP contribution is 2.15. The summed E-state index contributed by atoms with van der Waals surface area (Å²) in [4.78, 5) is 9.37. The standard InChI is InChI=1S/C21H35N5O.HI/c1-22-21(24-18-20-10-7-17-27-20)23-11-5-6-12-25-13-15-26(16-14-25)19-8-3-2-4-9-19;/h2-4,8-9,20H,5-7,10-18H2,1H3,(H2,22,23,24);1H. The highest BCUT2D eigenvalue weighted by Gasteiger charge is 2.17. The maximum atomic E-state index is 5.64. The molecule has 2 saturated heterocycles. The lowest BCUT2D eigenvalue weighted by Gasteiger charge is -2.36. The van der Waals surface area contributed by atoms with Gasteiger partial charge in [-0.05, 0) is 44.4 Å². The number of guanidine groups is 1. The summed E-state index contributed by atoms with van der Waals surface area (Å²) in [6.45, 7) is 8.48. The van der Waals surface area contributed by atoms with E-state index in [1.807, 2.05) is 7.05 Å². The van der Waals surface area contributed by atoms with E-state index in [0.29, 0.717) is 6.10 Å².